The molecule has 92 valence electrons. The standard InChI is InChI=1S/C14H16N4/c1-3-4-9-18-14(13(10-15)16-17-18)12-8-6-5-7-11(12)2/h5-8H,3-4,9H2,1-2H3. The molecule has 0 unspecified atom stereocenters. The van der Waals surface area contributed by atoms with Crippen LogP contribution in [0.4, 0.5) is 0 Å². The van der Waals surface area contributed by atoms with Crippen LogP contribution < -0.4 is 0 Å². The van der Waals surface area contributed by atoms with Crippen molar-refractivity contribution >= 4 is 0 Å². The zero-order valence-corrected chi connectivity index (χ0v) is 10.7. The van der Waals surface area contributed by atoms with Gasteiger partial charge in [-0.15, -0.1) is 5.10 Å². The summed E-state index contributed by atoms with van der Waals surface area (Å²) in [6.07, 6.45) is 2.13. The Morgan fingerprint density at radius 2 is 2.11 bits per heavy atom. The summed E-state index contributed by atoms with van der Waals surface area (Å²) in [6, 6.07) is 10.1. The van der Waals surface area contributed by atoms with Gasteiger partial charge in [-0.05, 0) is 18.9 Å². The zero-order chi connectivity index (χ0) is 13.0. The Morgan fingerprint density at radius 1 is 1.33 bits per heavy atom. The fourth-order valence-electron chi connectivity index (χ4n) is 1.96. The Kier molecular flexibility index (Phi) is 3.73. The van der Waals surface area contributed by atoms with E-state index in [0.29, 0.717) is 5.69 Å². The molecule has 2 rings (SSSR count). The minimum Gasteiger partial charge on any atom is -0.243 e. The van der Waals surface area contributed by atoms with E-state index in [4.69, 9.17) is 5.26 Å². The molecule has 1 heterocycles. The second-order valence-electron chi connectivity index (χ2n) is 4.29. The van der Waals surface area contributed by atoms with Crippen LogP contribution in [0.5, 0.6) is 0 Å². The van der Waals surface area contributed by atoms with Crippen LogP contribution in [0, 0.1) is 18.3 Å². The van der Waals surface area contributed by atoms with Gasteiger partial charge in [0.1, 0.15) is 11.8 Å². The third-order valence-electron chi connectivity index (χ3n) is 2.96. The summed E-state index contributed by atoms with van der Waals surface area (Å²) >= 11 is 0. The molecule has 0 amide bonds. The topological polar surface area (TPSA) is 54.5 Å². The SMILES string of the molecule is CCCCn1nnc(C#N)c1-c1ccccc1C. The van der Waals surface area contributed by atoms with Crippen LogP contribution in [0.2, 0.25) is 0 Å². The Labute approximate surface area is 107 Å². The Hall–Kier alpha value is -2.15. The van der Waals surface area contributed by atoms with Gasteiger partial charge in [0.25, 0.3) is 0 Å². The molecule has 4 heteroatoms. The number of nitrogens with zero attached hydrogens (tertiary/aromatic N) is 4. The van der Waals surface area contributed by atoms with Gasteiger partial charge in [0.05, 0.1) is 0 Å². The Morgan fingerprint density at radius 3 is 2.78 bits per heavy atom. The van der Waals surface area contributed by atoms with Crippen LogP contribution >= 0.6 is 0 Å². The molecule has 0 saturated carbocycles. The van der Waals surface area contributed by atoms with E-state index in [1.807, 2.05) is 35.9 Å². The van der Waals surface area contributed by atoms with Crippen molar-refractivity contribution in [1.82, 2.24) is 15.0 Å². The molecule has 2 aromatic rings. The van der Waals surface area contributed by atoms with Crippen LogP contribution in [-0.2, 0) is 6.54 Å². The molecule has 0 N–H and O–H groups in total. The lowest BCUT2D eigenvalue weighted by molar-refractivity contribution is 0.557. The third-order valence-corrected chi connectivity index (χ3v) is 2.96. The molecule has 0 aliphatic rings. The summed E-state index contributed by atoms with van der Waals surface area (Å²) in [7, 11) is 0. The van der Waals surface area contributed by atoms with Gasteiger partial charge in [-0.3, -0.25) is 0 Å². The average molecular weight is 240 g/mol. The molecule has 0 aliphatic carbocycles. The molecule has 1 aromatic heterocycles. The van der Waals surface area contributed by atoms with Gasteiger partial charge in [-0.25, -0.2) is 4.68 Å². The second-order valence-corrected chi connectivity index (χ2v) is 4.29. The van der Waals surface area contributed by atoms with Crippen molar-refractivity contribution in [2.45, 2.75) is 33.2 Å². The first-order valence-corrected chi connectivity index (χ1v) is 6.17. The number of aromatic nitrogens is 3. The molecule has 0 atom stereocenters. The lowest BCUT2D eigenvalue weighted by Gasteiger charge is -2.08. The number of benzene rings is 1. The molecule has 0 bridgehead atoms. The normalized spacial score (nSPS) is 10.3. The zero-order valence-electron chi connectivity index (χ0n) is 10.7. The second kappa shape index (κ2) is 5.46. The minimum absolute atomic E-state index is 0.403. The van der Waals surface area contributed by atoms with E-state index in [1.165, 1.54) is 0 Å². The molecule has 0 saturated heterocycles. The van der Waals surface area contributed by atoms with Crippen molar-refractivity contribution in [3.05, 3.63) is 35.5 Å². The van der Waals surface area contributed by atoms with Crippen molar-refractivity contribution in [3.8, 4) is 17.3 Å². The molecule has 1 aromatic carbocycles. The van der Waals surface area contributed by atoms with Crippen molar-refractivity contribution in [1.29, 1.82) is 5.26 Å². The van der Waals surface area contributed by atoms with Crippen molar-refractivity contribution < 1.29 is 0 Å². The van der Waals surface area contributed by atoms with Crippen LogP contribution in [0.3, 0.4) is 0 Å². The van der Waals surface area contributed by atoms with Gasteiger partial charge >= 0.3 is 0 Å². The molecule has 0 aliphatic heterocycles. The molecule has 0 radical (unpaired) electrons. The Bertz CT molecular complexity index is 578. The van der Waals surface area contributed by atoms with E-state index >= 15 is 0 Å². The first kappa shape index (κ1) is 12.3. The summed E-state index contributed by atoms with van der Waals surface area (Å²) in [5.41, 5.74) is 3.41. The van der Waals surface area contributed by atoms with Crippen LogP contribution in [-0.4, -0.2) is 15.0 Å². The first-order valence-electron chi connectivity index (χ1n) is 6.17. The summed E-state index contributed by atoms with van der Waals surface area (Å²) in [5, 5.41) is 17.2. The van der Waals surface area contributed by atoms with E-state index in [0.717, 1.165) is 36.2 Å². The van der Waals surface area contributed by atoms with Gasteiger partial charge in [-0.1, -0.05) is 42.8 Å². The van der Waals surface area contributed by atoms with Crippen LogP contribution in [0.1, 0.15) is 31.0 Å². The predicted molar refractivity (Wildman–Crippen MR) is 69.8 cm³/mol. The number of unbranched alkanes of at least 4 members (excludes halogenated alkanes) is 1. The monoisotopic (exact) mass is 240 g/mol. The van der Waals surface area contributed by atoms with Crippen LogP contribution in [0.25, 0.3) is 11.3 Å². The summed E-state index contributed by atoms with van der Waals surface area (Å²) in [5.74, 6) is 0. The molecule has 18 heavy (non-hydrogen) atoms. The van der Waals surface area contributed by atoms with Crippen LogP contribution in [0.15, 0.2) is 24.3 Å². The predicted octanol–water partition coefficient (Wildman–Crippen LogP) is 2.93. The van der Waals surface area contributed by atoms with Crippen molar-refractivity contribution in [3.63, 3.8) is 0 Å². The molecule has 0 fully saturated rings. The van der Waals surface area contributed by atoms with Gasteiger partial charge in [0.15, 0.2) is 5.69 Å². The molecular weight excluding hydrogens is 224 g/mol. The molecule has 4 nitrogen and oxygen atoms in total. The van der Waals surface area contributed by atoms with Gasteiger partial charge in [0.2, 0.25) is 0 Å². The number of aryl methyl sites for hydroxylation is 2. The maximum atomic E-state index is 9.14. The van der Waals surface area contributed by atoms with E-state index < -0.39 is 0 Å². The fourth-order valence-corrected chi connectivity index (χ4v) is 1.96. The van der Waals surface area contributed by atoms with Gasteiger partial charge < -0.3 is 0 Å². The highest BCUT2D eigenvalue weighted by atomic mass is 15.4. The number of hydrogen-bond acceptors (Lipinski definition) is 3. The van der Waals surface area contributed by atoms with Crippen molar-refractivity contribution in [2.75, 3.05) is 0 Å². The molecule has 0 spiro atoms. The van der Waals surface area contributed by atoms with Gasteiger partial charge in [0, 0.05) is 12.1 Å². The molecular formula is C14H16N4. The highest BCUT2D eigenvalue weighted by Gasteiger charge is 2.15. The van der Waals surface area contributed by atoms with Crippen molar-refractivity contribution in [2.24, 2.45) is 0 Å². The summed E-state index contributed by atoms with van der Waals surface area (Å²) in [6.45, 7) is 4.97. The minimum atomic E-state index is 0.403. The van der Waals surface area contributed by atoms with E-state index in [2.05, 4.69) is 23.3 Å². The quantitative estimate of drug-likeness (QED) is 0.825. The van der Waals surface area contributed by atoms with Gasteiger partial charge in [-0.2, -0.15) is 5.26 Å². The highest BCUT2D eigenvalue weighted by molar-refractivity contribution is 5.68. The Balaban J connectivity index is 2.51. The smallest absolute Gasteiger partial charge is 0.190 e. The lowest BCUT2D eigenvalue weighted by Crippen LogP contribution is -2.03. The maximum absolute atomic E-state index is 9.14. The first-order chi connectivity index (χ1) is 8.77. The third kappa shape index (κ3) is 2.25. The number of nitriles is 1. The fraction of sp³-hybridized carbons (Fsp3) is 0.357. The number of rotatable bonds is 4. The van der Waals surface area contributed by atoms with E-state index in [1.54, 1.807) is 0 Å². The highest BCUT2D eigenvalue weighted by Crippen LogP contribution is 2.25. The lowest BCUT2D eigenvalue weighted by atomic mass is 10.0. The van der Waals surface area contributed by atoms with E-state index in [9.17, 15) is 0 Å². The maximum Gasteiger partial charge on any atom is 0.190 e. The largest absolute Gasteiger partial charge is 0.243 e. The van der Waals surface area contributed by atoms with E-state index in [-0.39, 0.29) is 0 Å². The summed E-state index contributed by atoms with van der Waals surface area (Å²) < 4.78 is 1.84. The number of hydrogen-bond donors (Lipinski definition) is 0. The summed E-state index contributed by atoms with van der Waals surface area (Å²) in [4.78, 5) is 0. The average Bonchev–Trinajstić information content (AvgIpc) is 2.79.